The molecule has 0 radical (unpaired) electrons. The van der Waals surface area contributed by atoms with Gasteiger partial charge in [0, 0.05) is 11.8 Å². The van der Waals surface area contributed by atoms with Crippen LogP contribution in [0.4, 0.5) is 26.3 Å². The van der Waals surface area contributed by atoms with E-state index in [0.29, 0.717) is 4.52 Å². The van der Waals surface area contributed by atoms with Gasteiger partial charge in [0.1, 0.15) is 0 Å². The number of halogens is 6. The first-order chi connectivity index (χ1) is 12.2. The first-order valence-electron chi connectivity index (χ1n) is 7.07. The number of rotatable bonds is 4. The summed E-state index contributed by atoms with van der Waals surface area (Å²) >= 11 is 0. The summed E-state index contributed by atoms with van der Waals surface area (Å²) in [5.41, 5.74) is -0.189. The molecule has 0 saturated carbocycles. The third-order valence-electron chi connectivity index (χ3n) is 3.27. The summed E-state index contributed by atoms with van der Waals surface area (Å²) in [6, 6.07) is 3.38. The Hall–Kier alpha value is -2.92. The molecule has 0 aliphatic heterocycles. The highest BCUT2D eigenvalue weighted by molar-refractivity contribution is 5.59. The Labute approximate surface area is 141 Å². The maximum absolute atomic E-state index is 14.0. The molecule has 138 valence electrons. The monoisotopic (exact) mass is 377 g/mol. The molecule has 0 unspecified atom stereocenters. The molecule has 0 N–H and O–H groups in total. The van der Waals surface area contributed by atoms with Crippen LogP contribution in [0.1, 0.15) is 12.7 Å². The second kappa shape index (κ2) is 6.42. The molecule has 26 heavy (non-hydrogen) atoms. The van der Waals surface area contributed by atoms with Crippen molar-refractivity contribution in [1.82, 2.24) is 24.8 Å². The van der Waals surface area contributed by atoms with E-state index in [4.69, 9.17) is 0 Å². The van der Waals surface area contributed by atoms with Crippen LogP contribution in [0.3, 0.4) is 0 Å². The highest BCUT2D eigenvalue weighted by atomic mass is 19.4. The molecule has 6 nitrogen and oxygen atoms in total. The molecule has 0 fully saturated rings. The van der Waals surface area contributed by atoms with Crippen LogP contribution >= 0.6 is 0 Å². The van der Waals surface area contributed by atoms with Crippen molar-refractivity contribution in [1.29, 1.82) is 0 Å². The van der Waals surface area contributed by atoms with Gasteiger partial charge in [0.15, 0.2) is 17.6 Å². The van der Waals surface area contributed by atoms with Crippen LogP contribution in [0.25, 0.3) is 16.9 Å². The molecule has 3 heterocycles. The SMILES string of the molecule is C[C@H](Oc1ncc(-c2ccc3nnc(C(F)(F)F)n3n2)cc1F)C(F)F. The van der Waals surface area contributed by atoms with Gasteiger partial charge in [-0.1, -0.05) is 0 Å². The van der Waals surface area contributed by atoms with Gasteiger partial charge in [0.2, 0.25) is 0 Å². The highest BCUT2D eigenvalue weighted by Crippen LogP contribution is 2.28. The zero-order chi connectivity index (χ0) is 19.1. The van der Waals surface area contributed by atoms with E-state index in [1.165, 1.54) is 12.1 Å². The zero-order valence-electron chi connectivity index (χ0n) is 12.9. The summed E-state index contributed by atoms with van der Waals surface area (Å²) in [5, 5.41) is 10.1. The van der Waals surface area contributed by atoms with Gasteiger partial charge in [-0.05, 0) is 25.1 Å². The molecule has 0 amide bonds. The van der Waals surface area contributed by atoms with Gasteiger partial charge >= 0.3 is 6.18 Å². The van der Waals surface area contributed by atoms with Gasteiger partial charge in [-0.15, -0.1) is 10.2 Å². The molecule has 0 aromatic carbocycles. The molecule has 0 saturated heterocycles. The summed E-state index contributed by atoms with van der Waals surface area (Å²) in [6.07, 6.45) is -8.15. The van der Waals surface area contributed by atoms with Crippen LogP contribution in [-0.2, 0) is 6.18 Å². The van der Waals surface area contributed by atoms with Crippen LogP contribution in [0, 0.1) is 5.82 Å². The van der Waals surface area contributed by atoms with E-state index in [1.807, 2.05) is 0 Å². The van der Waals surface area contributed by atoms with Gasteiger partial charge in [-0.3, -0.25) is 0 Å². The van der Waals surface area contributed by atoms with Crippen LogP contribution in [-0.4, -0.2) is 37.3 Å². The first kappa shape index (κ1) is 17.9. The number of aromatic nitrogens is 5. The van der Waals surface area contributed by atoms with E-state index in [2.05, 4.69) is 25.0 Å². The van der Waals surface area contributed by atoms with Gasteiger partial charge in [-0.25, -0.2) is 18.2 Å². The Bertz CT molecular complexity index is 941. The lowest BCUT2D eigenvalue weighted by molar-refractivity contribution is -0.146. The third kappa shape index (κ3) is 3.39. The summed E-state index contributed by atoms with van der Waals surface area (Å²) in [4.78, 5) is 3.58. The quantitative estimate of drug-likeness (QED) is 0.653. The van der Waals surface area contributed by atoms with E-state index < -0.39 is 36.2 Å². The second-order valence-electron chi connectivity index (χ2n) is 5.18. The van der Waals surface area contributed by atoms with E-state index in [0.717, 1.165) is 19.2 Å². The number of hydrogen-bond acceptors (Lipinski definition) is 5. The van der Waals surface area contributed by atoms with Crippen LogP contribution in [0.15, 0.2) is 24.4 Å². The number of nitrogens with zero attached hydrogens (tertiary/aromatic N) is 5. The van der Waals surface area contributed by atoms with Crippen LogP contribution in [0.2, 0.25) is 0 Å². The molecule has 0 bridgehead atoms. The minimum Gasteiger partial charge on any atom is -0.466 e. The number of pyridine rings is 1. The number of hydrogen-bond donors (Lipinski definition) is 0. The lowest BCUT2D eigenvalue weighted by Gasteiger charge is -2.13. The molecule has 1 atom stereocenters. The molecule has 3 rings (SSSR count). The van der Waals surface area contributed by atoms with E-state index in [-0.39, 0.29) is 16.9 Å². The van der Waals surface area contributed by atoms with Crippen molar-refractivity contribution in [2.24, 2.45) is 0 Å². The van der Waals surface area contributed by atoms with Gasteiger partial charge in [0.05, 0.1) is 5.69 Å². The largest absolute Gasteiger partial charge is 0.466 e. The maximum Gasteiger partial charge on any atom is 0.453 e. The Morgan fingerprint density at radius 3 is 2.50 bits per heavy atom. The predicted molar refractivity (Wildman–Crippen MR) is 75.1 cm³/mol. The third-order valence-corrected chi connectivity index (χ3v) is 3.27. The first-order valence-corrected chi connectivity index (χ1v) is 7.07. The van der Waals surface area contributed by atoms with Crippen molar-refractivity contribution in [3.8, 4) is 17.1 Å². The second-order valence-corrected chi connectivity index (χ2v) is 5.18. The number of fused-ring (bicyclic) bond motifs is 1. The number of ether oxygens (including phenoxy) is 1. The number of alkyl halides is 5. The van der Waals surface area contributed by atoms with Gasteiger partial charge in [0.25, 0.3) is 18.1 Å². The Kier molecular flexibility index (Phi) is 4.42. The molecule has 3 aromatic heterocycles. The van der Waals surface area contributed by atoms with Gasteiger partial charge in [-0.2, -0.15) is 22.8 Å². The Balaban J connectivity index is 1.97. The van der Waals surface area contributed by atoms with Crippen molar-refractivity contribution in [3.05, 3.63) is 36.0 Å². The molecular weight excluding hydrogens is 368 g/mol. The molecule has 0 aliphatic carbocycles. The Morgan fingerprint density at radius 2 is 1.88 bits per heavy atom. The Morgan fingerprint density at radius 1 is 1.15 bits per heavy atom. The van der Waals surface area contributed by atoms with E-state index >= 15 is 0 Å². The molecule has 0 spiro atoms. The summed E-state index contributed by atoms with van der Waals surface area (Å²) in [7, 11) is 0. The van der Waals surface area contributed by atoms with Crippen molar-refractivity contribution in [2.75, 3.05) is 0 Å². The van der Waals surface area contributed by atoms with E-state index in [1.54, 1.807) is 0 Å². The summed E-state index contributed by atoms with van der Waals surface area (Å²) in [6.45, 7) is 1.04. The lowest BCUT2D eigenvalue weighted by Crippen LogP contribution is -2.22. The molecule has 12 heteroatoms. The van der Waals surface area contributed by atoms with Crippen molar-refractivity contribution < 1.29 is 31.1 Å². The highest BCUT2D eigenvalue weighted by Gasteiger charge is 2.37. The minimum absolute atomic E-state index is 0.0169. The van der Waals surface area contributed by atoms with Crippen molar-refractivity contribution in [3.63, 3.8) is 0 Å². The topological polar surface area (TPSA) is 65.2 Å². The van der Waals surface area contributed by atoms with Crippen molar-refractivity contribution >= 4 is 5.65 Å². The zero-order valence-corrected chi connectivity index (χ0v) is 12.9. The molecule has 0 aliphatic rings. The fourth-order valence-electron chi connectivity index (χ4n) is 2.00. The maximum atomic E-state index is 14.0. The van der Waals surface area contributed by atoms with Crippen LogP contribution in [0.5, 0.6) is 5.88 Å². The van der Waals surface area contributed by atoms with Gasteiger partial charge < -0.3 is 4.74 Å². The smallest absolute Gasteiger partial charge is 0.453 e. The minimum atomic E-state index is -4.78. The normalized spacial score (nSPS) is 13.4. The lowest BCUT2D eigenvalue weighted by atomic mass is 10.2. The van der Waals surface area contributed by atoms with E-state index in [9.17, 15) is 26.3 Å². The fourth-order valence-corrected chi connectivity index (χ4v) is 2.00. The predicted octanol–water partition coefficient (Wildman–Crippen LogP) is 3.38. The molecular formula is C14H9F6N5O. The standard InChI is InChI=1S/C14H9F6N5O/c1-6(11(16)17)26-12-8(15)4-7(5-21-12)9-2-3-10-22-23-13(14(18,19)20)25(10)24-9/h2-6,11H,1H3/t6-/m0/s1. The van der Waals surface area contributed by atoms with Crippen molar-refractivity contribution in [2.45, 2.75) is 25.6 Å². The summed E-state index contributed by atoms with van der Waals surface area (Å²) in [5.74, 6) is -3.05. The van der Waals surface area contributed by atoms with Crippen LogP contribution < -0.4 is 4.74 Å². The average molecular weight is 377 g/mol. The fraction of sp³-hybridized carbons (Fsp3) is 0.286. The average Bonchev–Trinajstić information content (AvgIpc) is 2.99. The molecule has 3 aromatic rings. The summed E-state index contributed by atoms with van der Waals surface area (Å²) < 4.78 is 82.7.